The molecule has 1 aliphatic carbocycles. The van der Waals surface area contributed by atoms with Crippen molar-refractivity contribution in [1.29, 1.82) is 0 Å². The maximum Gasteiger partial charge on any atom is 0.0614 e. The first kappa shape index (κ1) is 23.0. The number of hydrogen-bond acceptors (Lipinski definition) is 1. The van der Waals surface area contributed by atoms with Gasteiger partial charge in [0, 0.05) is 0 Å². The summed E-state index contributed by atoms with van der Waals surface area (Å²) >= 11 is 0. The van der Waals surface area contributed by atoms with Crippen LogP contribution >= 0.6 is 0 Å². The zero-order valence-corrected chi connectivity index (χ0v) is 18.0. The smallest absolute Gasteiger partial charge is 0.0614 e. The second-order valence-electron chi connectivity index (χ2n) is 9.67. The molecule has 1 aliphatic rings. The third-order valence-corrected chi connectivity index (χ3v) is 6.08. The standard InChI is InChI=1S/C25H42O/c1-20(14-18-26)11-8-9-15-24(4,5)17-13-21(2)19-23-22(3)12-10-16-25(23,6)7/h9,14-15,23,26H,2-3,8,10-13,16-19H2,1,4-7H3. The van der Waals surface area contributed by atoms with Crippen LogP contribution in [-0.2, 0) is 0 Å². The summed E-state index contributed by atoms with van der Waals surface area (Å²) in [4.78, 5) is 0. The van der Waals surface area contributed by atoms with Crippen LogP contribution in [0.1, 0.15) is 86.0 Å². The zero-order chi connectivity index (χ0) is 19.8. The quantitative estimate of drug-likeness (QED) is 0.403. The van der Waals surface area contributed by atoms with Crippen molar-refractivity contribution in [1.82, 2.24) is 0 Å². The summed E-state index contributed by atoms with van der Waals surface area (Å²) in [7, 11) is 0. The van der Waals surface area contributed by atoms with Gasteiger partial charge in [-0.1, -0.05) is 75.8 Å². The van der Waals surface area contributed by atoms with Crippen LogP contribution in [0, 0.1) is 16.7 Å². The molecule has 1 nitrogen and oxygen atoms in total. The van der Waals surface area contributed by atoms with Gasteiger partial charge in [-0.2, -0.15) is 0 Å². The first-order valence-electron chi connectivity index (χ1n) is 10.4. The third kappa shape index (κ3) is 8.08. The monoisotopic (exact) mass is 358 g/mol. The Kier molecular flexibility index (Phi) is 9.10. The first-order valence-corrected chi connectivity index (χ1v) is 10.4. The van der Waals surface area contributed by atoms with Crippen molar-refractivity contribution >= 4 is 0 Å². The van der Waals surface area contributed by atoms with Crippen LogP contribution in [-0.4, -0.2) is 11.7 Å². The van der Waals surface area contributed by atoms with Crippen LogP contribution in [0.25, 0.3) is 0 Å². The molecule has 1 saturated carbocycles. The molecule has 1 fully saturated rings. The normalized spacial score (nSPS) is 21.4. The predicted octanol–water partition coefficient (Wildman–Crippen LogP) is 7.40. The van der Waals surface area contributed by atoms with E-state index >= 15 is 0 Å². The van der Waals surface area contributed by atoms with Crippen LogP contribution in [0.4, 0.5) is 0 Å². The van der Waals surface area contributed by atoms with Crippen molar-refractivity contribution in [2.24, 2.45) is 16.7 Å². The van der Waals surface area contributed by atoms with Crippen LogP contribution in [0.2, 0.25) is 0 Å². The van der Waals surface area contributed by atoms with Gasteiger partial charge >= 0.3 is 0 Å². The fourth-order valence-electron chi connectivity index (χ4n) is 4.04. The van der Waals surface area contributed by atoms with Gasteiger partial charge < -0.3 is 5.11 Å². The Labute approximate surface area is 163 Å². The zero-order valence-electron chi connectivity index (χ0n) is 18.0. The van der Waals surface area contributed by atoms with Crippen molar-refractivity contribution in [2.75, 3.05) is 6.61 Å². The minimum absolute atomic E-state index is 0.146. The molecule has 0 aromatic carbocycles. The maximum atomic E-state index is 8.90. The topological polar surface area (TPSA) is 20.2 Å². The fourth-order valence-corrected chi connectivity index (χ4v) is 4.04. The lowest BCUT2D eigenvalue weighted by Gasteiger charge is -2.41. The molecule has 0 bridgehead atoms. The van der Waals surface area contributed by atoms with E-state index in [-0.39, 0.29) is 12.0 Å². The molecule has 1 rings (SSSR count). The molecule has 1 heteroatoms. The molecule has 148 valence electrons. The van der Waals surface area contributed by atoms with Gasteiger partial charge in [0.25, 0.3) is 0 Å². The maximum absolute atomic E-state index is 8.90. The van der Waals surface area contributed by atoms with E-state index in [9.17, 15) is 0 Å². The van der Waals surface area contributed by atoms with Crippen LogP contribution in [0.5, 0.6) is 0 Å². The SMILES string of the molecule is C=C(CCC(C)(C)C=CCCC(C)=CCO)CC1C(=C)CCCC1(C)C. The van der Waals surface area contributed by atoms with E-state index in [0.29, 0.717) is 11.3 Å². The van der Waals surface area contributed by atoms with Crippen molar-refractivity contribution < 1.29 is 5.11 Å². The Morgan fingerprint density at radius 3 is 2.62 bits per heavy atom. The highest BCUT2D eigenvalue weighted by molar-refractivity contribution is 5.14. The molecule has 0 aliphatic heterocycles. The molecule has 0 saturated heterocycles. The molecule has 1 unspecified atom stereocenters. The van der Waals surface area contributed by atoms with Gasteiger partial charge in [-0.3, -0.25) is 0 Å². The lowest BCUT2D eigenvalue weighted by molar-refractivity contribution is 0.187. The average Bonchev–Trinajstić information content (AvgIpc) is 2.53. The molecule has 26 heavy (non-hydrogen) atoms. The lowest BCUT2D eigenvalue weighted by atomic mass is 9.64. The Hall–Kier alpha value is -1.08. The fraction of sp³-hybridized carbons (Fsp3) is 0.680. The van der Waals surface area contributed by atoms with Crippen LogP contribution in [0.3, 0.4) is 0 Å². The number of allylic oxidation sites excluding steroid dienone is 5. The van der Waals surface area contributed by atoms with Gasteiger partial charge in [-0.25, -0.2) is 0 Å². The van der Waals surface area contributed by atoms with E-state index in [1.807, 2.05) is 6.08 Å². The Morgan fingerprint density at radius 1 is 1.31 bits per heavy atom. The molecule has 1 atom stereocenters. The summed E-state index contributed by atoms with van der Waals surface area (Å²) in [6.45, 7) is 20.4. The average molecular weight is 359 g/mol. The molecule has 0 aromatic heterocycles. The molecular formula is C25H42O. The van der Waals surface area contributed by atoms with Crippen LogP contribution < -0.4 is 0 Å². The number of rotatable bonds is 10. The molecule has 0 spiro atoms. The van der Waals surface area contributed by atoms with Gasteiger partial charge in [0.1, 0.15) is 0 Å². The van der Waals surface area contributed by atoms with Gasteiger partial charge in [-0.05, 0) is 75.0 Å². The van der Waals surface area contributed by atoms with Crippen molar-refractivity contribution in [3.8, 4) is 0 Å². The van der Waals surface area contributed by atoms with E-state index < -0.39 is 0 Å². The van der Waals surface area contributed by atoms with E-state index in [4.69, 9.17) is 5.11 Å². The number of hydrogen-bond donors (Lipinski definition) is 1. The summed E-state index contributed by atoms with van der Waals surface area (Å²) in [5, 5.41) is 8.90. The highest BCUT2D eigenvalue weighted by Gasteiger charge is 2.34. The molecular weight excluding hydrogens is 316 g/mol. The molecule has 0 radical (unpaired) electrons. The van der Waals surface area contributed by atoms with Gasteiger partial charge in [0.2, 0.25) is 0 Å². The molecule has 0 amide bonds. The van der Waals surface area contributed by atoms with Gasteiger partial charge in [0.05, 0.1) is 6.61 Å². The van der Waals surface area contributed by atoms with Gasteiger partial charge in [0.15, 0.2) is 0 Å². The third-order valence-electron chi connectivity index (χ3n) is 6.08. The van der Waals surface area contributed by atoms with Crippen molar-refractivity contribution in [3.05, 3.63) is 48.1 Å². The Balaban J connectivity index is 2.44. The minimum atomic E-state index is 0.146. The summed E-state index contributed by atoms with van der Waals surface area (Å²) < 4.78 is 0. The second kappa shape index (κ2) is 10.3. The lowest BCUT2D eigenvalue weighted by Crippen LogP contribution is -2.29. The molecule has 0 heterocycles. The highest BCUT2D eigenvalue weighted by Crippen LogP contribution is 2.46. The number of aliphatic hydroxyl groups excluding tert-OH is 1. The number of aliphatic hydroxyl groups is 1. The van der Waals surface area contributed by atoms with Gasteiger partial charge in [-0.15, -0.1) is 0 Å². The largest absolute Gasteiger partial charge is 0.392 e. The summed E-state index contributed by atoms with van der Waals surface area (Å²) in [5.41, 5.74) is 4.66. The predicted molar refractivity (Wildman–Crippen MR) is 116 cm³/mol. The van der Waals surface area contributed by atoms with Crippen molar-refractivity contribution in [3.63, 3.8) is 0 Å². The van der Waals surface area contributed by atoms with Crippen LogP contribution in [0.15, 0.2) is 48.1 Å². The van der Waals surface area contributed by atoms with E-state index in [1.54, 1.807) is 0 Å². The Bertz CT molecular complexity index is 530. The summed E-state index contributed by atoms with van der Waals surface area (Å²) in [6, 6.07) is 0. The van der Waals surface area contributed by atoms with E-state index in [2.05, 4.69) is 59.9 Å². The summed E-state index contributed by atoms with van der Waals surface area (Å²) in [6.07, 6.45) is 15.8. The van der Waals surface area contributed by atoms with E-state index in [1.165, 1.54) is 36.0 Å². The van der Waals surface area contributed by atoms with Crippen molar-refractivity contribution in [2.45, 2.75) is 86.0 Å². The molecule has 1 N–H and O–H groups in total. The Morgan fingerprint density at radius 2 is 2.00 bits per heavy atom. The summed E-state index contributed by atoms with van der Waals surface area (Å²) in [5.74, 6) is 0.601. The first-order chi connectivity index (χ1) is 12.1. The second-order valence-corrected chi connectivity index (χ2v) is 9.67. The minimum Gasteiger partial charge on any atom is -0.392 e. The molecule has 0 aromatic rings. The highest BCUT2D eigenvalue weighted by atomic mass is 16.2. The van der Waals surface area contributed by atoms with E-state index in [0.717, 1.165) is 32.1 Å².